The molecule has 2 heterocycles. The summed E-state index contributed by atoms with van der Waals surface area (Å²) < 4.78 is 54.7. The normalized spacial score (nSPS) is 22.1. The van der Waals surface area contributed by atoms with Crippen molar-refractivity contribution in [2.24, 2.45) is 0 Å². The van der Waals surface area contributed by atoms with Gasteiger partial charge >= 0.3 is 6.18 Å². The minimum atomic E-state index is -4.68. The molecule has 2 aliphatic heterocycles. The summed E-state index contributed by atoms with van der Waals surface area (Å²) in [4.78, 5) is 15.5. The van der Waals surface area contributed by atoms with E-state index in [1.54, 1.807) is 18.2 Å². The molecule has 0 radical (unpaired) electrons. The topological polar surface area (TPSA) is 32.3 Å². The molecule has 2 aromatic rings. The van der Waals surface area contributed by atoms with Gasteiger partial charge < -0.3 is 5.32 Å². The Morgan fingerprint density at radius 1 is 1.03 bits per heavy atom. The Kier molecular flexibility index (Phi) is 8.30. The van der Waals surface area contributed by atoms with Gasteiger partial charge in [0.1, 0.15) is 5.82 Å². The van der Waals surface area contributed by atoms with Crippen molar-refractivity contribution < 1.29 is 22.4 Å². The second-order valence-electron chi connectivity index (χ2n) is 8.52. The molecule has 1 amide bonds. The fourth-order valence-electron chi connectivity index (χ4n) is 5.11. The minimum absolute atomic E-state index is 0. The SMILES string of the molecule is Cl.O=C(NC(c1ccccc1F)C1CCCC2CCCCN21)c1cccc(C(F)(F)F)c1Cl. The molecule has 0 bridgehead atoms. The molecule has 3 atom stereocenters. The van der Waals surface area contributed by atoms with Crippen LogP contribution < -0.4 is 5.32 Å². The van der Waals surface area contributed by atoms with Crippen LogP contribution in [0.2, 0.25) is 5.02 Å². The number of rotatable bonds is 4. The minimum Gasteiger partial charge on any atom is -0.343 e. The maximum absolute atomic E-state index is 14.8. The molecule has 2 saturated heterocycles. The van der Waals surface area contributed by atoms with Gasteiger partial charge in [0.15, 0.2) is 0 Å². The molecule has 3 nitrogen and oxygen atoms in total. The fraction of sp³-hybridized carbons (Fsp3) is 0.458. The molecule has 0 aliphatic carbocycles. The first-order chi connectivity index (χ1) is 15.3. The number of amides is 1. The van der Waals surface area contributed by atoms with Crippen LogP contribution in [0.1, 0.15) is 66.1 Å². The van der Waals surface area contributed by atoms with E-state index in [-0.39, 0.29) is 24.0 Å². The third-order valence-electron chi connectivity index (χ3n) is 6.60. The predicted molar refractivity (Wildman–Crippen MR) is 122 cm³/mol. The average Bonchev–Trinajstić information content (AvgIpc) is 2.77. The zero-order valence-electron chi connectivity index (χ0n) is 17.9. The Morgan fingerprint density at radius 3 is 2.48 bits per heavy atom. The highest BCUT2D eigenvalue weighted by Crippen LogP contribution is 2.38. The van der Waals surface area contributed by atoms with E-state index in [4.69, 9.17) is 11.6 Å². The number of piperidine rings is 2. The maximum Gasteiger partial charge on any atom is 0.417 e. The summed E-state index contributed by atoms with van der Waals surface area (Å²) in [6.07, 6.45) is 1.35. The smallest absolute Gasteiger partial charge is 0.343 e. The van der Waals surface area contributed by atoms with Gasteiger partial charge in [-0.2, -0.15) is 13.2 Å². The summed E-state index contributed by atoms with van der Waals surface area (Å²) in [7, 11) is 0. The lowest BCUT2D eigenvalue weighted by Crippen LogP contribution is -2.54. The second kappa shape index (κ2) is 10.6. The summed E-state index contributed by atoms with van der Waals surface area (Å²) in [5.41, 5.74) is -1.00. The van der Waals surface area contributed by atoms with Crippen LogP contribution in [0, 0.1) is 5.82 Å². The largest absolute Gasteiger partial charge is 0.417 e. The first-order valence-electron chi connectivity index (χ1n) is 10.9. The zero-order valence-corrected chi connectivity index (χ0v) is 19.4. The van der Waals surface area contributed by atoms with Crippen LogP contribution in [-0.2, 0) is 6.18 Å². The number of benzene rings is 2. The van der Waals surface area contributed by atoms with Gasteiger partial charge in [-0.1, -0.05) is 48.7 Å². The average molecular weight is 505 g/mol. The summed E-state index contributed by atoms with van der Waals surface area (Å²) in [6, 6.07) is 9.04. The van der Waals surface area contributed by atoms with Gasteiger partial charge in [0.25, 0.3) is 5.91 Å². The van der Waals surface area contributed by atoms with Crippen molar-refractivity contribution in [2.75, 3.05) is 6.54 Å². The van der Waals surface area contributed by atoms with E-state index in [2.05, 4.69) is 10.2 Å². The highest BCUT2D eigenvalue weighted by molar-refractivity contribution is 6.34. The van der Waals surface area contributed by atoms with Crippen LogP contribution in [-0.4, -0.2) is 29.4 Å². The molecular weight excluding hydrogens is 479 g/mol. The van der Waals surface area contributed by atoms with Gasteiger partial charge in [-0.15, -0.1) is 12.4 Å². The molecule has 2 aliphatic rings. The summed E-state index contributed by atoms with van der Waals surface area (Å²) in [5, 5.41) is 2.19. The Hall–Kier alpha value is -1.83. The number of alkyl halides is 3. The number of carbonyl (C=O) groups is 1. The van der Waals surface area contributed by atoms with Crippen molar-refractivity contribution in [3.63, 3.8) is 0 Å². The fourth-order valence-corrected chi connectivity index (χ4v) is 5.43. The van der Waals surface area contributed by atoms with Gasteiger partial charge in [-0.05, 0) is 50.4 Å². The van der Waals surface area contributed by atoms with E-state index in [0.717, 1.165) is 57.2 Å². The molecule has 0 aromatic heterocycles. The lowest BCUT2D eigenvalue weighted by atomic mass is 9.83. The third kappa shape index (κ3) is 5.47. The van der Waals surface area contributed by atoms with Crippen LogP contribution in [0.5, 0.6) is 0 Å². The molecule has 2 aromatic carbocycles. The number of hydrogen-bond acceptors (Lipinski definition) is 2. The van der Waals surface area contributed by atoms with E-state index >= 15 is 0 Å². The summed E-state index contributed by atoms with van der Waals surface area (Å²) >= 11 is 5.98. The Morgan fingerprint density at radius 2 is 1.76 bits per heavy atom. The molecule has 0 spiro atoms. The molecule has 4 rings (SSSR count). The molecule has 3 unspecified atom stereocenters. The molecule has 9 heteroatoms. The third-order valence-corrected chi connectivity index (χ3v) is 7.00. The monoisotopic (exact) mass is 504 g/mol. The van der Waals surface area contributed by atoms with Gasteiger partial charge in [0.05, 0.1) is 22.2 Å². The quantitative estimate of drug-likeness (QED) is 0.464. The second-order valence-corrected chi connectivity index (χ2v) is 8.90. The van der Waals surface area contributed by atoms with Gasteiger partial charge in [-0.25, -0.2) is 4.39 Å². The van der Waals surface area contributed by atoms with E-state index < -0.39 is 34.5 Å². The highest BCUT2D eigenvalue weighted by atomic mass is 35.5. The maximum atomic E-state index is 14.8. The number of fused-ring (bicyclic) bond motifs is 1. The number of nitrogens with one attached hydrogen (secondary N) is 1. The van der Waals surface area contributed by atoms with Crippen LogP contribution >= 0.6 is 24.0 Å². The standard InChI is InChI=1S/C24H25ClF4N2O.ClH/c25-21-17(10-6-11-18(21)24(27,28)29)23(32)30-22(16-9-1-2-12-19(16)26)20-13-5-8-15-7-3-4-14-31(15)20;/h1-2,6,9-12,15,20,22H,3-5,7-8,13-14H2,(H,30,32);1H. The van der Waals surface area contributed by atoms with Crippen molar-refractivity contribution in [3.05, 3.63) is 70.0 Å². The first kappa shape index (κ1) is 25.8. The van der Waals surface area contributed by atoms with E-state index in [9.17, 15) is 22.4 Å². The van der Waals surface area contributed by atoms with Crippen LogP contribution in [0.3, 0.4) is 0 Å². The number of halogens is 6. The molecule has 180 valence electrons. The lowest BCUT2D eigenvalue weighted by molar-refractivity contribution is -0.137. The van der Waals surface area contributed by atoms with Crippen molar-refractivity contribution >= 4 is 29.9 Å². The van der Waals surface area contributed by atoms with Crippen molar-refractivity contribution in [1.82, 2.24) is 10.2 Å². The van der Waals surface area contributed by atoms with E-state index in [1.807, 2.05) is 0 Å². The summed E-state index contributed by atoms with van der Waals surface area (Å²) in [5.74, 6) is -1.19. The highest BCUT2D eigenvalue weighted by Gasteiger charge is 2.40. The molecule has 2 fully saturated rings. The van der Waals surface area contributed by atoms with E-state index in [0.29, 0.717) is 11.6 Å². The van der Waals surface area contributed by atoms with Crippen LogP contribution in [0.25, 0.3) is 0 Å². The van der Waals surface area contributed by atoms with Gasteiger partial charge in [0.2, 0.25) is 0 Å². The van der Waals surface area contributed by atoms with Crippen molar-refractivity contribution in [1.29, 1.82) is 0 Å². The predicted octanol–water partition coefficient (Wildman–Crippen LogP) is 6.80. The number of hydrogen-bond donors (Lipinski definition) is 1. The zero-order chi connectivity index (χ0) is 22.9. The Bertz CT molecular complexity index is 983. The van der Waals surface area contributed by atoms with Crippen molar-refractivity contribution in [2.45, 2.75) is 62.8 Å². The number of nitrogens with zero attached hydrogens (tertiary/aromatic N) is 1. The Labute approximate surface area is 201 Å². The van der Waals surface area contributed by atoms with Crippen LogP contribution in [0.15, 0.2) is 42.5 Å². The molecular formula is C24H26Cl2F4N2O. The molecule has 0 saturated carbocycles. The van der Waals surface area contributed by atoms with Crippen LogP contribution in [0.4, 0.5) is 17.6 Å². The van der Waals surface area contributed by atoms with Crippen molar-refractivity contribution in [3.8, 4) is 0 Å². The Balaban J connectivity index is 0.00000306. The summed E-state index contributed by atoms with van der Waals surface area (Å²) in [6.45, 7) is 0.862. The molecule has 33 heavy (non-hydrogen) atoms. The van der Waals surface area contributed by atoms with Gasteiger partial charge in [0, 0.05) is 17.6 Å². The number of carbonyl (C=O) groups excluding carboxylic acids is 1. The lowest BCUT2D eigenvalue weighted by Gasteiger charge is -2.48. The van der Waals surface area contributed by atoms with Gasteiger partial charge in [-0.3, -0.25) is 9.69 Å². The van der Waals surface area contributed by atoms with E-state index in [1.165, 1.54) is 12.1 Å². The first-order valence-corrected chi connectivity index (χ1v) is 11.3. The molecule has 1 N–H and O–H groups in total.